The second kappa shape index (κ2) is 6.37. The van der Waals surface area contributed by atoms with Gasteiger partial charge in [0.1, 0.15) is 17.2 Å². The number of rotatable bonds is 2. The van der Waals surface area contributed by atoms with Crippen molar-refractivity contribution in [2.45, 2.75) is 19.3 Å². The minimum absolute atomic E-state index is 0.0698. The Morgan fingerprint density at radius 3 is 2.36 bits per heavy atom. The lowest BCUT2D eigenvalue weighted by Gasteiger charge is -2.29. The largest absolute Gasteiger partial charge is 0.507 e. The van der Waals surface area contributed by atoms with Crippen molar-refractivity contribution in [3.63, 3.8) is 0 Å². The molecule has 0 spiro atoms. The van der Waals surface area contributed by atoms with E-state index in [4.69, 9.17) is 9.47 Å². The van der Waals surface area contributed by atoms with Gasteiger partial charge in [0.25, 0.3) is 0 Å². The van der Waals surface area contributed by atoms with E-state index in [1.807, 2.05) is 0 Å². The molecular weight excluding hydrogens is 364 g/mol. The number of aromatic hydroxyl groups is 2. The minimum Gasteiger partial charge on any atom is -0.507 e. The van der Waals surface area contributed by atoms with E-state index in [1.54, 1.807) is 12.1 Å². The number of fused-ring (bicyclic) bond motifs is 3. The standard InChI is InChI=1S/C21H18O7/c1-27-13-5-3-4-11-14(13)20(25)16-15(18(11)23)19(24)12-8-9(21(26)28-2)6-7-10(12)17(16)22/h3-5,9,22,24H,6-8H2,1-2H3. The molecule has 4 rings (SSSR count). The Hall–Kier alpha value is -3.35. The molecule has 0 aliphatic heterocycles. The van der Waals surface area contributed by atoms with Gasteiger partial charge in [-0.1, -0.05) is 12.1 Å². The van der Waals surface area contributed by atoms with Crippen LogP contribution in [0.1, 0.15) is 49.4 Å². The number of phenolic OH excluding ortho intramolecular Hbond substituents is 2. The lowest BCUT2D eigenvalue weighted by Crippen LogP contribution is -2.27. The van der Waals surface area contributed by atoms with Crippen LogP contribution < -0.4 is 4.74 Å². The fourth-order valence-corrected chi connectivity index (χ4v) is 4.17. The third-order valence-electron chi connectivity index (χ3n) is 5.56. The summed E-state index contributed by atoms with van der Waals surface area (Å²) in [7, 11) is 2.68. The van der Waals surface area contributed by atoms with E-state index in [0.29, 0.717) is 17.5 Å². The summed E-state index contributed by atoms with van der Waals surface area (Å²) in [4.78, 5) is 38.1. The predicted molar refractivity (Wildman–Crippen MR) is 97.2 cm³/mol. The zero-order valence-electron chi connectivity index (χ0n) is 15.4. The fraction of sp³-hybridized carbons (Fsp3) is 0.286. The van der Waals surface area contributed by atoms with Gasteiger partial charge in [-0.3, -0.25) is 14.4 Å². The highest BCUT2D eigenvalue weighted by Gasteiger charge is 2.41. The predicted octanol–water partition coefficient (Wildman–Crippen LogP) is 2.16. The lowest BCUT2D eigenvalue weighted by atomic mass is 9.75. The molecule has 0 saturated heterocycles. The molecule has 0 heterocycles. The van der Waals surface area contributed by atoms with Crippen molar-refractivity contribution in [1.29, 1.82) is 0 Å². The molecule has 0 fully saturated rings. The van der Waals surface area contributed by atoms with Crippen LogP contribution in [-0.4, -0.2) is 42.0 Å². The zero-order chi connectivity index (χ0) is 20.2. The van der Waals surface area contributed by atoms with Crippen molar-refractivity contribution in [3.8, 4) is 17.2 Å². The summed E-state index contributed by atoms with van der Waals surface area (Å²) in [6, 6.07) is 4.62. The molecule has 0 aromatic heterocycles. The van der Waals surface area contributed by atoms with Gasteiger partial charge >= 0.3 is 5.97 Å². The van der Waals surface area contributed by atoms with Gasteiger partial charge in [-0.25, -0.2) is 0 Å². The Kier molecular flexibility index (Phi) is 4.10. The smallest absolute Gasteiger partial charge is 0.309 e. The molecule has 7 heteroatoms. The van der Waals surface area contributed by atoms with Crippen LogP contribution in [0, 0.1) is 5.92 Å². The summed E-state index contributed by atoms with van der Waals surface area (Å²) >= 11 is 0. The van der Waals surface area contributed by atoms with Crippen LogP contribution in [0.15, 0.2) is 18.2 Å². The molecule has 144 valence electrons. The van der Waals surface area contributed by atoms with Crippen molar-refractivity contribution < 1.29 is 34.1 Å². The maximum Gasteiger partial charge on any atom is 0.309 e. The molecule has 2 aliphatic rings. The quantitative estimate of drug-likeness (QED) is 0.516. The average molecular weight is 382 g/mol. The number of methoxy groups -OCH3 is 2. The molecule has 0 amide bonds. The molecule has 0 radical (unpaired) electrons. The van der Waals surface area contributed by atoms with Gasteiger partial charge in [-0.2, -0.15) is 0 Å². The molecule has 2 aromatic carbocycles. The average Bonchev–Trinajstić information content (AvgIpc) is 2.72. The molecule has 28 heavy (non-hydrogen) atoms. The summed E-state index contributed by atoms with van der Waals surface area (Å²) in [6.45, 7) is 0. The van der Waals surface area contributed by atoms with E-state index in [1.165, 1.54) is 20.3 Å². The van der Waals surface area contributed by atoms with Gasteiger partial charge in [-0.05, 0) is 25.3 Å². The number of hydrogen-bond donors (Lipinski definition) is 2. The van der Waals surface area contributed by atoms with E-state index in [2.05, 4.69) is 0 Å². The van der Waals surface area contributed by atoms with Crippen LogP contribution in [0.2, 0.25) is 0 Å². The molecule has 2 N–H and O–H groups in total. The van der Waals surface area contributed by atoms with Crippen LogP contribution in [0.4, 0.5) is 0 Å². The van der Waals surface area contributed by atoms with Gasteiger partial charge in [0, 0.05) is 16.7 Å². The first-order chi connectivity index (χ1) is 13.4. The number of ether oxygens (including phenoxy) is 2. The van der Waals surface area contributed by atoms with Crippen molar-refractivity contribution in [2.75, 3.05) is 14.2 Å². The van der Waals surface area contributed by atoms with Gasteiger partial charge in [-0.15, -0.1) is 0 Å². The van der Waals surface area contributed by atoms with Crippen LogP contribution in [0.5, 0.6) is 17.2 Å². The Morgan fingerprint density at radius 2 is 1.68 bits per heavy atom. The SMILES string of the molecule is COC(=O)C1CCc2c(O)c3c(c(O)c2C1)C(=O)c1cccc(OC)c1C3=O. The van der Waals surface area contributed by atoms with E-state index in [-0.39, 0.29) is 52.3 Å². The Labute approximate surface area is 160 Å². The third kappa shape index (κ3) is 2.32. The van der Waals surface area contributed by atoms with Crippen molar-refractivity contribution in [3.05, 3.63) is 51.6 Å². The van der Waals surface area contributed by atoms with Gasteiger partial charge in [0.2, 0.25) is 5.78 Å². The highest BCUT2D eigenvalue weighted by Crippen LogP contribution is 2.47. The Balaban J connectivity index is 1.95. The number of carbonyl (C=O) groups is 3. The van der Waals surface area contributed by atoms with Crippen LogP contribution in [-0.2, 0) is 22.4 Å². The summed E-state index contributed by atoms with van der Waals surface area (Å²) in [5.41, 5.74) is 0.427. The third-order valence-corrected chi connectivity index (χ3v) is 5.56. The molecule has 7 nitrogen and oxygen atoms in total. The topological polar surface area (TPSA) is 110 Å². The number of esters is 1. The van der Waals surface area contributed by atoms with Gasteiger partial charge in [0.05, 0.1) is 36.8 Å². The van der Waals surface area contributed by atoms with E-state index in [0.717, 1.165) is 0 Å². The Bertz CT molecular complexity index is 1050. The second-order valence-corrected chi connectivity index (χ2v) is 6.91. The molecule has 2 aromatic rings. The van der Waals surface area contributed by atoms with E-state index >= 15 is 0 Å². The summed E-state index contributed by atoms with van der Waals surface area (Å²) < 4.78 is 9.99. The fourth-order valence-electron chi connectivity index (χ4n) is 4.17. The van der Waals surface area contributed by atoms with Gasteiger partial charge < -0.3 is 19.7 Å². The first-order valence-electron chi connectivity index (χ1n) is 8.84. The lowest BCUT2D eigenvalue weighted by molar-refractivity contribution is -0.145. The second-order valence-electron chi connectivity index (χ2n) is 6.91. The van der Waals surface area contributed by atoms with E-state index < -0.39 is 23.5 Å². The Morgan fingerprint density at radius 1 is 1.00 bits per heavy atom. The molecule has 0 saturated carbocycles. The van der Waals surface area contributed by atoms with Crippen molar-refractivity contribution >= 4 is 17.5 Å². The first kappa shape index (κ1) is 18.0. The molecule has 2 aliphatic carbocycles. The monoisotopic (exact) mass is 382 g/mol. The van der Waals surface area contributed by atoms with E-state index in [9.17, 15) is 24.6 Å². The summed E-state index contributed by atoms with van der Waals surface area (Å²) in [6.07, 6.45) is 0.816. The number of carbonyl (C=O) groups excluding carboxylic acids is 3. The zero-order valence-corrected chi connectivity index (χ0v) is 15.4. The van der Waals surface area contributed by atoms with Crippen LogP contribution in [0.25, 0.3) is 0 Å². The summed E-state index contributed by atoms with van der Waals surface area (Å²) in [5.74, 6) is -2.50. The molecule has 1 atom stereocenters. The van der Waals surface area contributed by atoms with Crippen molar-refractivity contribution in [1.82, 2.24) is 0 Å². The van der Waals surface area contributed by atoms with Crippen molar-refractivity contribution in [2.24, 2.45) is 5.92 Å². The number of hydrogen-bond acceptors (Lipinski definition) is 7. The maximum absolute atomic E-state index is 13.1. The minimum atomic E-state index is -0.576. The first-order valence-corrected chi connectivity index (χ1v) is 8.84. The molecular formula is C21H18O7. The number of benzene rings is 2. The molecule has 1 unspecified atom stereocenters. The van der Waals surface area contributed by atoms with Crippen LogP contribution >= 0.6 is 0 Å². The normalized spacial score (nSPS) is 17.4. The number of phenols is 2. The van der Waals surface area contributed by atoms with Crippen LogP contribution in [0.3, 0.4) is 0 Å². The van der Waals surface area contributed by atoms with Gasteiger partial charge in [0.15, 0.2) is 5.78 Å². The highest BCUT2D eigenvalue weighted by atomic mass is 16.5. The molecule has 0 bridgehead atoms. The summed E-state index contributed by atoms with van der Waals surface area (Å²) in [5, 5.41) is 21.7. The number of ketones is 2. The maximum atomic E-state index is 13.1. The highest BCUT2D eigenvalue weighted by molar-refractivity contribution is 6.31.